The molecule has 1 atom stereocenters. The van der Waals surface area contributed by atoms with Gasteiger partial charge in [-0.1, -0.05) is 25.1 Å². The van der Waals surface area contributed by atoms with Gasteiger partial charge in [0.1, 0.15) is 0 Å². The number of hydrogen-bond donors (Lipinski definition) is 3. The van der Waals surface area contributed by atoms with Crippen LogP contribution in [0, 0.1) is 19.8 Å². The minimum absolute atomic E-state index is 0.0495. The van der Waals surface area contributed by atoms with Crippen molar-refractivity contribution < 1.29 is 23.1 Å². The second-order valence-corrected chi connectivity index (χ2v) is 8.08. The van der Waals surface area contributed by atoms with E-state index in [0.717, 1.165) is 5.56 Å². The van der Waals surface area contributed by atoms with Crippen molar-refractivity contribution in [3.8, 4) is 0 Å². The largest absolute Gasteiger partial charge is 0.481 e. The smallest absolute Gasteiger partial charge is 0.308 e. The predicted molar refractivity (Wildman–Crippen MR) is 102 cm³/mol. The first-order chi connectivity index (χ1) is 12.6. The van der Waals surface area contributed by atoms with Crippen molar-refractivity contribution in [2.45, 2.75) is 25.7 Å². The van der Waals surface area contributed by atoms with Crippen molar-refractivity contribution in [3.63, 3.8) is 0 Å². The first-order valence-electron chi connectivity index (χ1n) is 8.31. The number of aryl methyl sites for hydroxylation is 2. The highest BCUT2D eigenvalue weighted by atomic mass is 32.2. The van der Waals surface area contributed by atoms with Crippen LogP contribution in [0.1, 0.15) is 28.4 Å². The summed E-state index contributed by atoms with van der Waals surface area (Å²) in [4.78, 5) is 23.2. The van der Waals surface area contributed by atoms with Gasteiger partial charge in [0, 0.05) is 17.8 Å². The van der Waals surface area contributed by atoms with E-state index in [0.29, 0.717) is 11.3 Å². The highest BCUT2D eigenvalue weighted by Gasteiger charge is 2.19. The number of rotatable bonds is 7. The van der Waals surface area contributed by atoms with Crippen LogP contribution in [0.2, 0.25) is 0 Å². The zero-order valence-corrected chi connectivity index (χ0v) is 16.1. The molecule has 0 saturated carbocycles. The van der Waals surface area contributed by atoms with E-state index in [9.17, 15) is 18.0 Å². The second-order valence-electron chi connectivity index (χ2n) is 6.40. The summed E-state index contributed by atoms with van der Waals surface area (Å²) in [7, 11) is -3.87. The van der Waals surface area contributed by atoms with Gasteiger partial charge < -0.3 is 10.4 Å². The van der Waals surface area contributed by atoms with E-state index >= 15 is 0 Å². The summed E-state index contributed by atoms with van der Waals surface area (Å²) in [6, 6.07) is 11.2. The topological polar surface area (TPSA) is 113 Å². The number of carbonyl (C=O) groups is 2. The molecule has 1 unspecified atom stereocenters. The van der Waals surface area contributed by atoms with E-state index in [1.807, 2.05) is 13.0 Å². The molecule has 2 aromatic rings. The van der Waals surface area contributed by atoms with Crippen LogP contribution in [-0.2, 0) is 14.8 Å². The lowest BCUT2D eigenvalue weighted by Gasteiger charge is -2.13. The molecule has 7 nitrogen and oxygen atoms in total. The third-order valence-corrected chi connectivity index (χ3v) is 5.40. The third-order valence-electron chi connectivity index (χ3n) is 4.02. The molecule has 0 fully saturated rings. The van der Waals surface area contributed by atoms with Gasteiger partial charge in [-0.3, -0.25) is 14.3 Å². The third kappa shape index (κ3) is 5.30. The molecule has 1 amide bonds. The molecular formula is C19H22N2O5S. The molecule has 0 bridgehead atoms. The number of sulfonamides is 1. The Kier molecular flexibility index (Phi) is 6.22. The van der Waals surface area contributed by atoms with Crippen LogP contribution in [0.15, 0.2) is 47.4 Å². The van der Waals surface area contributed by atoms with Crippen molar-refractivity contribution in [1.82, 2.24) is 5.32 Å². The van der Waals surface area contributed by atoms with Gasteiger partial charge >= 0.3 is 5.97 Å². The van der Waals surface area contributed by atoms with Crippen LogP contribution in [-0.4, -0.2) is 31.9 Å². The lowest BCUT2D eigenvalue weighted by Crippen LogP contribution is -2.32. The zero-order valence-electron chi connectivity index (χ0n) is 15.3. The molecule has 0 radical (unpaired) electrons. The molecule has 0 aliphatic rings. The van der Waals surface area contributed by atoms with E-state index in [1.165, 1.54) is 19.1 Å². The molecular weight excluding hydrogens is 368 g/mol. The average Bonchev–Trinajstić information content (AvgIpc) is 2.59. The number of aliphatic carboxylic acids is 1. The van der Waals surface area contributed by atoms with Gasteiger partial charge in [-0.15, -0.1) is 0 Å². The number of carboxylic acid groups (broad SMARTS) is 1. The molecule has 0 saturated heterocycles. The molecule has 3 N–H and O–H groups in total. The Hall–Kier alpha value is -2.87. The summed E-state index contributed by atoms with van der Waals surface area (Å²) in [6.45, 7) is 4.96. The Labute approximate surface area is 158 Å². The molecule has 0 heterocycles. The Morgan fingerprint density at radius 1 is 1.11 bits per heavy atom. The van der Waals surface area contributed by atoms with Gasteiger partial charge in [0.2, 0.25) is 0 Å². The zero-order chi connectivity index (χ0) is 20.2. The van der Waals surface area contributed by atoms with Crippen molar-refractivity contribution in [2.75, 3.05) is 11.3 Å². The maximum absolute atomic E-state index is 12.6. The molecule has 2 aromatic carbocycles. The van der Waals surface area contributed by atoms with E-state index < -0.39 is 27.8 Å². The highest BCUT2D eigenvalue weighted by Crippen LogP contribution is 2.20. The first kappa shape index (κ1) is 20.4. The lowest BCUT2D eigenvalue weighted by molar-refractivity contribution is -0.140. The SMILES string of the molecule is Cc1cccc(NS(=O)(=O)c2ccc(C)c(C(=O)NCC(C)C(=O)O)c2)c1. The summed E-state index contributed by atoms with van der Waals surface area (Å²) < 4.78 is 27.8. The van der Waals surface area contributed by atoms with Gasteiger partial charge in [-0.25, -0.2) is 8.42 Å². The Morgan fingerprint density at radius 2 is 1.81 bits per heavy atom. The van der Waals surface area contributed by atoms with Crippen LogP contribution in [0.25, 0.3) is 0 Å². The van der Waals surface area contributed by atoms with Crippen LogP contribution in [0.5, 0.6) is 0 Å². The van der Waals surface area contributed by atoms with Gasteiger partial charge in [0.25, 0.3) is 15.9 Å². The molecule has 0 aliphatic heterocycles. The van der Waals surface area contributed by atoms with Crippen molar-refractivity contribution in [2.24, 2.45) is 5.92 Å². The van der Waals surface area contributed by atoms with Crippen molar-refractivity contribution in [3.05, 3.63) is 59.2 Å². The number of carboxylic acids is 1. The molecule has 2 rings (SSSR count). The second kappa shape index (κ2) is 8.22. The van der Waals surface area contributed by atoms with E-state index in [2.05, 4.69) is 10.0 Å². The van der Waals surface area contributed by atoms with Crippen LogP contribution in [0.3, 0.4) is 0 Å². The highest BCUT2D eigenvalue weighted by molar-refractivity contribution is 7.92. The lowest BCUT2D eigenvalue weighted by atomic mass is 10.1. The summed E-state index contributed by atoms with van der Waals surface area (Å²) >= 11 is 0. The molecule has 0 aromatic heterocycles. The van der Waals surface area contributed by atoms with Gasteiger partial charge in [0.15, 0.2) is 0 Å². The van der Waals surface area contributed by atoms with Crippen LogP contribution in [0.4, 0.5) is 5.69 Å². The summed E-state index contributed by atoms with van der Waals surface area (Å²) in [5, 5.41) is 11.4. The minimum atomic E-state index is -3.87. The van der Waals surface area contributed by atoms with E-state index in [-0.39, 0.29) is 17.0 Å². The Balaban J connectivity index is 2.25. The molecule has 0 aliphatic carbocycles. The Morgan fingerprint density at radius 3 is 2.44 bits per heavy atom. The summed E-state index contributed by atoms with van der Waals surface area (Å²) in [6.07, 6.45) is 0. The Bertz CT molecular complexity index is 970. The number of carbonyl (C=O) groups excluding carboxylic acids is 1. The van der Waals surface area contributed by atoms with Crippen LogP contribution < -0.4 is 10.0 Å². The fourth-order valence-electron chi connectivity index (χ4n) is 2.36. The molecule has 144 valence electrons. The number of benzene rings is 2. The van der Waals surface area contributed by atoms with E-state index in [4.69, 9.17) is 5.11 Å². The first-order valence-corrected chi connectivity index (χ1v) is 9.79. The van der Waals surface area contributed by atoms with Gasteiger partial charge in [-0.2, -0.15) is 0 Å². The summed E-state index contributed by atoms with van der Waals surface area (Å²) in [5.41, 5.74) is 2.10. The fraction of sp³-hybridized carbons (Fsp3) is 0.263. The minimum Gasteiger partial charge on any atom is -0.481 e. The predicted octanol–water partition coefficient (Wildman–Crippen LogP) is 2.55. The maximum atomic E-state index is 12.6. The van der Waals surface area contributed by atoms with Crippen LogP contribution >= 0.6 is 0 Å². The number of hydrogen-bond acceptors (Lipinski definition) is 4. The normalized spacial score (nSPS) is 12.3. The fourth-order valence-corrected chi connectivity index (χ4v) is 3.44. The van der Waals surface area contributed by atoms with Gasteiger partial charge in [0.05, 0.1) is 10.8 Å². The number of nitrogens with one attached hydrogen (secondary N) is 2. The number of anilines is 1. The van der Waals surface area contributed by atoms with E-state index in [1.54, 1.807) is 31.2 Å². The molecule has 27 heavy (non-hydrogen) atoms. The number of amides is 1. The quantitative estimate of drug-likeness (QED) is 0.672. The molecule has 0 spiro atoms. The molecule has 8 heteroatoms. The maximum Gasteiger partial charge on any atom is 0.308 e. The summed E-state index contributed by atoms with van der Waals surface area (Å²) in [5.74, 6) is -2.29. The standard InChI is InChI=1S/C19H22N2O5S/c1-12-5-4-6-15(9-12)21-27(25,26)16-8-7-13(2)17(10-16)18(22)20-11-14(3)19(23)24/h4-10,14,21H,11H2,1-3H3,(H,20,22)(H,23,24). The van der Waals surface area contributed by atoms with Crippen molar-refractivity contribution in [1.29, 1.82) is 0 Å². The van der Waals surface area contributed by atoms with Gasteiger partial charge in [-0.05, 0) is 49.2 Å². The van der Waals surface area contributed by atoms with Crippen molar-refractivity contribution >= 4 is 27.6 Å². The monoisotopic (exact) mass is 390 g/mol. The average molecular weight is 390 g/mol.